The maximum atomic E-state index is 2.37. The van der Waals surface area contributed by atoms with Crippen LogP contribution in [0.5, 0.6) is 0 Å². The lowest BCUT2D eigenvalue weighted by Gasteiger charge is -2.28. The summed E-state index contributed by atoms with van der Waals surface area (Å²) in [5, 5.41) is 1.59. The van der Waals surface area contributed by atoms with E-state index in [0.29, 0.717) is 11.3 Å². The lowest BCUT2D eigenvalue weighted by Crippen LogP contribution is -2.10. The third kappa shape index (κ3) is 3.58. The van der Waals surface area contributed by atoms with Crippen LogP contribution in [-0.4, -0.2) is 8.41 Å². The molecule has 0 bridgehead atoms. The van der Waals surface area contributed by atoms with E-state index in [0.717, 1.165) is 0 Å². The van der Waals surface area contributed by atoms with Crippen molar-refractivity contribution in [3.05, 3.63) is 102 Å². The number of aryl methyl sites for hydroxylation is 1. The highest BCUT2D eigenvalue weighted by molar-refractivity contribution is 7.66. The molecule has 0 saturated carbocycles. The summed E-state index contributed by atoms with van der Waals surface area (Å²) in [5.41, 5.74) is 5.84. The molecule has 0 unspecified atom stereocenters. The van der Waals surface area contributed by atoms with Crippen LogP contribution < -0.4 is 5.30 Å². The molecule has 2 atom stereocenters. The molecule has 25 heavy (non-hydrogen) atoms. The molecule has 4 rings (SSSR count). The van der Waals surface area contributed by atoms with Gasteiger partial charge in [-0.2, -0.15) is 0 Å². The monoisotopic (exact) mass is 341 g/mol. The molecule has 0 aromatic heterocycles. The molecule has 0 N–H and O–H groups in total. The van der Waals surface area contributed by atoms with Gasteiger partial charge in [0.2, 0.25) is 0 Å². The maximum Gasteiger partial charge on any atom is 0.00878 e. The molecular weight excluding hydrogens is 318 g/mol. The van der Waals surface area contributed by atoms with Crippen molar-refractivity contribution in [1.29, 1.82) is 0 Å². The standard InChI is InChI=1S/C23H23P.B/c1-18-10-8-9-15-21(18)24-22(19-11-4-2-5-12-19)16-17-23(24)20-13-6-3-7-14-20;/h2-15,22-23H,16-17H2,1H3;/t22-,23-;/m0./s1. The molecule has 1 heterocycles. The van der Waals surface area contributed by atoms with Gasteiger partial charge in [-0.1, -0.05) is 92.9 Å². The Labute approximate surface area is 154 Å². The van der Waals surface area contributed by atoms with Gasteiger partial charge < -0.3 is 0 Å². The summed E-state index contributed by atoms with van der Waals surface area (Å²) in [7, 11) is -0.240. The van der Waals surface area contributed by atoms with E-state index in [2.05, 4.69) is 91.9 Å². The zero-order valence-electron chi connectivity index (χ0n) is 14.7. The minimum absolute atomic E-state index is 0. The van der Waals surface area contributed by atoms with Gasteiger partial charge >= 0.3 is 0 Å². The Bertz CT molecular complexity index is 753. The molecule has 3 aromatic carbocycles. The zero-order chi connectivity index (χ0) is 16.4. The smallest absolute Gasteiger partial charge is 0.00878 e. The van der Waals surface area contributed by atoms with Gasteiger partial charge in [0.15, 0.2) is 0 Å². The Morgan fingerprint density at radius 2 is 1.08 bits per heavy atom. The summed E-state index contributed by atoms with van der Waals surface area (Å²) in [6.45, 7) is 2.28. The molecule has 0 aliphatic carbocycles. The Balaban J connectivity index is 0.00000182. The molecule has 1 fully saturated rings. The van der Waals surface area contributed by atoms with Crippen molar-refractivity contribution in [2.45, 2.75) is 31.1 Å². The third-order valence-electron chi connectivity index (χ3n) is 5.15. The normalized spacial score (nSPS) is 20.2. The Morgan fingerprint density at radius 3 is 1.56 bits per heavy atom. The zero-order valence-corrected chi connectivity index (χ0v) is 15.6. The minimum atomic E-state index is -0.240. The summed E-state index contributed by atoms with van der Waals surface area (Å²) in [5.74, 6) is 0. The Kier molecular flexibility index (Phi) is 5.76. The van der Waals surface area contributed by atoms with Gasteiger partial charge in [0.05, 0.1) is 0 Å². The fourth-order valence-corrected chi connectivity index (χ4v) is 7.69. The fraction of sp³-hybridized carbons (Fsp3) is 0.217. The molecule has 3 radical (unpaired) electrons. The van der Waals surface area contributed by atoms with Gasteiger partial charge in [-0.3, -0.25) is 0 Å². The first kappa shape index (κ1) is 18.0. The van der Waals surface area contributed by atoms with Crippen molar-refractivity contribution < 1.29 is 0 Å². The van der Waals surface area contributed by atoms with Crippen molar-refractivity contribution in [3.63, 3.8) is 0 Å². The molecule has 0 spiro atoms. The van der Waals surface area contributed by atoms with Crippen LogP contribution in [0.25, 0.3) is 0 Å². The lowest BCUT2D eigenvalue weighted by molar-refractivity contribution is 0.765. The van der Waals surface area contributed by atoms with Crippen LogP contribution in [0.1, 0.15) is 40.8 Å². The van der Waals surface area contributed by atoms with E-state index in [-0.39, 0.29) is 16.3 Å². The van der Waals surface area contributed by atoms with Gasteiger partial charge in [-0.25, -0.2) is 0 Å². The van der Waals surface area contributed by atoms with Crippen LogP contribution in [0, 0.1) is 6.92 Å². The van der Waals surface area contributed by atoms with E-state index in [1.165, 1.54) is 29.5 Å². The van der Waals surface area contributed by atoms with Crippen molar-refractivity contribution in [3.8, 4) is 0 Å². The second kappa shape index (κ2) is 8.02. The SMILES string of the molecule is Cc1ccccc1P1[C@H](c2ccccc2)CC[C@H]1c1ccccc1.[B]. The van der Waals surface area contributed by atoms with E-state index < -0.39 is 0 Å². The second-order valence-corrected chi connectivity index (χ2v) is 9.17. The molecule has 3 aromatic rings. The van der Waals surface area contributed by atoms with Gasteiger partial charge in [0.25, 0.3) is 0 Å². The maximum absolute atomic E-state index is 2.37. The van der Waals surface area contributed by atoms with Crippen LogP contribution in [-0.2, 0) is 0 Å². The molecular formula is C23H23BP. The largest absolute Gasteiger partial charge is 0.0622 e. The Hall–Kier alpha value is -1.85. The highest BCUT2D eigenvalue weighted by Gasteiger charge is 2.38. The highest BCUT2D eigenvalue weighted by atomic mass is 31.1. The molecule has 123 valence electrons. The minimum Gasteiger partial charge on any atom is -0.0622 e. The molecule has 0 nitrogen and oxygen atoms in total. The second-order valence-electron chi connectivity index (χ2n) is 6.62. The average molecular weight is 341 g/mol. The van der Waals surface area contributed by atoms with Crippen LogP contribution >= 0.6 is 7.92 Å². The molecule has 0 amide bonds. The summed E-state index contributed by atoms with van der Waals surface area (Å²) in [4.78, 5) is 0. The fourth-order valence-electron chi connectivity index (χ4n) is 4.00. The highest BCUT2D eigenvalue weighted by Crippen LogP contribution is 2.69. The van der Waals surface area contributed by atoms with Gasteiger partial charge in [0, 0.05) is 19.7 Å². The van der Waals surface area contributed by atoms with Crippen LogP contribution in [0.15, 0.2) is 84.9 Å². The van der Waals surface area contributed by atoms with Crippen LogP contribution in [0.2, 0.25) is 0 Å². The summed E-state index contributed by atoms with van der Waals surface area (Å²) in [6, 6.07) is 31.4. The number of hydrogen-bond acceptors (Lipinski definition) is 0. The number of rotatable bonds is 3. The molecule has 2 heteroatoms. The van der Waals surface area contributed by atoms with E-state index in [1.807, 2.05) is 0 Å². The number of benzene rings is 3. The quantitative estimate of drug-likeness (QED) is 0.405. The van der Waals surface area contributed by atoms with E-state index >= 15 is 0 Å². The van der Waals surface area contributed by atoms with Gasteiger partial charge in [-0.05, 0) is 41.8 Å². The van der Waals surface area contributed by atoms with Crippen molar-refractivity contribution >= 4 is 21.6 Å². The van der Waals surface area contributed by atoms with Gasteiger partial charge in [-0.15, -0.1) is 0 Å². The van der Waals surface area contributed by atoms with E-state index in [4.69, 9.17) is 0 Å². The molecule has 1 saturated heterocycles. The topological polar surface area (TPSA) is 0 Å². The van der Waals surface area contributed by atoms with Crippen molar-refractivity contribution in [2.75, 3.05) is 0 Å². The lowest BCUT2D eigenvalue weighted by atomic mass is 10.0. The third-order valence-corrected chi connectivity index (χ3v) is 8.66. The van der Waals surface area contributed by atoms with E-state index in [9.17, 15) is 0 Å². The van der Waals surface area contributed by atoms with Gasteiger partial charge in [0.1, 0.15) is 0 Å². The first-order chi connectivity index (χ1) is 11.8. The Morgan fingerprint density at radius 1 is 0.640 bits per heavy atom. The first-order valence-electron chi connectivity index (χ1n) is 8.78. The molecule has 1 aliphatic heterocycles. The predicted octanol–water partition coefficient (Wildman–Crippen LogP) is 6.00. The van der Waals surface area contributed by atoms with Crippen molar-refractivity contribution in [2.24, 2.45) is 0 Å². The van der Waals surface area contributed by atoms with Crippen LogP contribution in [0.3, 0.4) is 0 Å². The molecule has 1 aliphatic rings. The summed E-state index contributed by atoms with van der Waals surface area (Å²) >= 11 is 0. The summed E-state index contributed by atoms with van der Waals surface area (Å²) < 4.78 is 0. The van der Waals surface area contributed by atoms with Crippen LogP contribution in [0.4, 0.5) is 0 Å². The van der Waals surface area contributed by atoms with E-state index in [1.54, 1.807) is 5.30 Å². The predicted molar refractivity (Wildman–Crippen MR) is 111 cm³/mol. The van der Waals surface area contributed by atoms with Crippen molar-refractivity contribution in [1.82, 2.24) is 0 Å². The summed E-state index contributed by atoms with van der Waals surface area (Å²) in [6.07, 6.45) is 2.59. The first-order valence-corrected chi connectivity index (χ1v) is 10.3. The number of hydrogen-bond donors (Lipinski definition) is 0. The average Bonchev–Trinajstić information content (AvgIpc) is 3.08.